The molecule has 1 fully saturated rings. The number of carboxylic acids is 1. The third-order valence-electron chi connectivity index (χ3n) is 7.01. The van der Waals surface area contributed by atoms with E-state index >= 15 is 0 Å². The summed E-state index contributed by atoms with van der Waals surface area (Å²) in [7, 11) is 0. The van der Waals surface area contributed by atoms with E-state index < -0.39 is 29.5 Å². The van der Waals surface area contributed by atoms with Gasteiger partial charge < -0.3 is 19.7 Å². The van der Waals surface area contributed by atoms with Crippen LogP contribution in [0.5, 0.6) is 0 Å². The number of nitrogens with one attached hydrogen (secondary N) is 1. The molecular weight excluding hydrogens is 497 g/mol. The Labute approximate surface area is 219 Å². The molecule has 1 heterocycles. The van der Waals surface area contributed by atoms with E-state index in [1.54, 1.807) is 12.1 Å². The normalized spacial score (nSPS) is 17.7. The summed E-state index contributed by atoms with van der Waals surface area (Å²) in [6.07, 6.45) is -3.07. The third kappa shape index (κ3) is 6.27. The Bertz CT molecular complexity index is 1290. The van der Waals surface area contributed by atoms with E-state index in [-0.39, 0.29) is 23.3 Å². The predicted octanol–water partition coefficient (Wildman–Crippen LogP) is 6.68. The summed E-state index contributed by atoms with van der Waals surface area (Å²) >= 11 is 0. The van der Waals surface area contributed by atoms with Crippen LogP contribution in [-0.2, 0) is 28.7 Å². The second-order valence-corrected chi connectivity index (χ2v) is 9.67. The average molecular weight is 529 g/mol. The molecule has 202 valence electrons. The number of halogens is 3. The van der Waals surface area contributed by atoms with Gasteiger partial charge in [0.05, 0.1) is 30.4 Å². The number of carboxylic acid groups (broad SMARTS) is 1. The number of alkyl halides is 3. The molecule has 0 saturated heterocycles. The first-order chi connectivity index (χ1) is 18.1. The molecule has 9 heteroatoms. The van der Waals surface area contributed by atoms with Crippen molar-refractivity contribution in [3.05, 3.63) is 88.7 Å². The van der Waals surface area contributed by atoms with Gasteiger partial charge >= 0.3 is 12.1 Å². The van der Waals surface area contributed by atoms with Gasteiger partial charge in [-0.3, -0.25) is 9.59 Å². The third-order valence-corrected chi connectivity index (χ3v) is 7.01. The number of nitrogens with zero attached hydrogens (tertiary/aromatic N) is 1. The van der Waals surface area contributed by atoms with Crippen LogP contribution in [-0.4, -0.2) is 28.2 Å². The Morgan fingerprint density at radius 3 is 2.50 bits per heavy atom. The van der Waals surface area contributed by atoms with Crippen LogP contribution in [0, 0.1) is 5.92 Å². The maximum Gasteiger partial charge on any atom is 0.418 e. The number of hydrogen-bond acceptors (Lipinski definition) is 3. The highest BCUT2D eigenvalue weighted by Gasteiger charge is 2.45. The van der Waals surface area contributed by atoms with Crippen LogP contribution >= 0.6 is 0 Å². The van der Waals surface area contributed by atoms with E-state index in [4.69, 9.17) is 4.74 Å². The molecule has 1 saturated carbocycles. The fraction of sp³-hybridized carbons (Fsp3) is 0.379. The van der Waals surface area contributed by atoms with Gasteiger partial charge in [-0.05, 0) is 61.1 Å². The van der Waals surface area contributed by atoms with Gasteiger partial charge in [0.2, 0.25) is 0 Å². The van der Waals surface area contributed by atoms with Crippen LogP contribution in [0.1, 0.15) is 71.5 Å². The molecule has 0 radical (unpaired) electrons. The summed E-state index contributed by atoms with van der Waals surface area (Å²) in [6, 6.07) is 16.6. The zero-order valence-electron chi connectivity index (χ0n) is 21.3. The lowest BCUT2D eigenvalue weighted by Crippen LogP contribution is -2.22. The largest absolute Gasteiger partial charge is 0.481 e. The maximum absolute atomic E-state index is 13.8. The van der Waals surface area contributed by atoms with Crippen molar-refractivity contribution in [1.29, 1.82) is 0 Å². The number of hydrogen-bond donors (Lipinski definition) is 2. The molecule has 3 aromatic rings. The molecule has 2 N–H and O–H groups in total. The lowest BCUT2D eigenvalue weighted by atomic mass is 10.0. The van der Waals surface area contributed by atoms with E-state index in [2.05, 4.69) is 5.32 Å². The van der Waals surface area contributed by atoms with E-state index in [0.717, 1.165) is 17.3 Å². The number of ether oxygens (including phenoxy) is 1. The minimum Gasteiger partial charge on any atom is -0.481 e. The molecule has 0 bridgehead atoms. The van der Waals surface area contributed by atoms with Crippen molar-refractivity contribution in [2.24, 2.45) is 5.92 Å². The number of anilines is 1. The van der Waals surface area contributed by atoms with E-state index in [1.807, 2.05) is 48.7 Å². The maximum atomic E-state index is 13.8. The van der Waals surface area contributed by atoms with Crippen molar-refractivity contribution in [2.75, 3.05) is 11.9 Å². The predicted molar refractivity (Wildman–Crippen MR) is 137 cm³/mol. The molecule has 1 aliphatic rings. The number of rotatable bonds is 11. The average Bonchev–Trinajstić information content (AvgIpc) is 3.59. The van der Waals surface area contributed by atoms with Gasteiger partial charge in [-0.2, -0.15) is 13.2 Å². The first-order valence-corrected chi connectivity index (χ1v) is 12.7. The Hall–Kier alpha value is -3.59. The van der Waals surface area contributed by atoms with Gasteiger partial charge in [0, 0.05) is 18.2 Å². The van der Waals surface area contributed by atoms with Crippen LogP contribution in [0.4, 0.5) is 18.9 Å². The monoisotopic (exact) mass is 528 g/mol. The van der Waals surface area contributed by atoms with Gasteiger partial charge in [0.15, 0.2) is 0 Å². The molecule has 6 nitrogen and oxygen atoms in total. The molecule has 0 spiro atoms. The van der Waals surface area contributed by atoms with Crippen molar-refractivity contribution >= 4 is 17.6 Å². The number of benzene rings is 2. The van der Waals surface area contributed by atoms with Gasteiger partial charge in [-0.25, -0.2) is 0 Å². The first kappa shape index (κ1) is 27.4. The van der Waals surface area contributed by atoms with E-state index in [0.29, 0.717) is 38.0 Å². The second kappa shape index (κ2) is 11.4. The quantitative estimate of drug-likeness (QED) is 0.272. The van der Waals surface area contributed by atoms with Crippen molar-refractivity contribution in [1.82, 2.24) is 4.57 Å². The summed E-state index contributed by atoms with van der Waals surface area (Å²) in [5.41, 5.74) is 1.28. The molecule has 1 aromatic heterocycles. The first-order valence-electron chi connectivity index (χ1n) is 12.7. The fourth-order valence-corrected chi connectivity index (χ4v) is 4.69. The van der Waals surface area contributed by atoms with Crippen LogP contribution in [0.15, 0.2) is 60.7 Å². The minimum atomic E-state index is -4.68. The highest BCUT2D eigenvalue weighted by Crippen LogP contribution is 2.49. The number of carbonyl (C=O) groups is 2. The molecule has 1 amide bonds. The number of carbonyl (C=O) groups excluding carboxylic acids is 1. The van der Waals surface area contributed by atoms with Crippen LogP contribution in [0.2, 0.25) is 0 Å². The molecule has 0 aliphatic heterocycles. The summed E-state index contributed by atoms with van der Waals surface area (Å²) < 4.78 is 48.9. The lowest BCUT2D eigenvalue weighted by molar-refractivity contribution is -0.139. The molecule has 4 rings (SSSR count). The van der Waals surface area contributed by atoms with Crippen molar-refractivity contribution in [3.63, 3.8) is 0 Å². The smallest absolute Gasteiger partial charge is 0.418 e. The van der Waals surface area contributed by atoms with Gasteiger partial charge in [0.25, 0.3) is 5.91 Å². The molecular formula is C29H31F3N2O4. The number of amides is 1. The van der Waals surface area contributed by atoms with Crippen LogP contribution in [0.3, 0.4) is 0 Å². The van der Waals surface area contributed by atoms with Gasteiger partial charge in [0.1, 0.15) is 5.69 Å². The van der Waals surface area contributed by atoms with Crippen LogP contribution < -0.4 is 5.32 Å². The second-order valence-electron chi connectivity index (χ2n) is 9.67. The SMILES string of the molecule is CCC(C)n1c(CCOCc2ccccc2)ccc1C(=O)Nc1cc([C@H]2C[C@H]2C(=O)O)ccc1C(F)(F)F. The molecule has 1 aliphatic carbocycles. The standard InChI is InChI=1S/C29H31F3N2O4/c1-3-18(2)34-21(13-14-38-17-19-7-5-4-6-8-19)10-12-26(34)27(35)33-25-15-20(22-16-23(22)28(36)37)9-11-24(25)29(30,31)32/h4-12,15,18,22-23H,3,13-14,16-17H2,1-2H3,(H,33,35)(H,36,37)/t18?,22-,23-/m1/s1. The minimum absolute atomic E-state index is 0.0638. The van der Waals surface area contributed by atoms with Crippen molar-refractivity contribution in [3.8, 4) is 0 Å². The molecule has 3 atom stereocenters. The Morgan fingerprint density at radius 2 is 1.87 bits per heavy atom. The Kier molecular flexibility index (Phi) is 8.26. The van der Waals surface area contributed by atoms with E-state index in [9.17, 15) is 27.9 Å². The fourth-order valence-electron chi connectivity index (χ4n) is 4.69. The van der Waals surface area contributed by atoms with Gasteiger partial charge in [-0.1, -0.05) is 43.3 Å². The molecule has 38 heavy (non-hydrogen) atoms. The summed E-state index contributed by atoms with van der Waals surface area (Å²) in [4.78, 5) is 24.6. The van der Waals surface area contributed by atoms with Crippen LogP contribution in [0.25, 0.3) is 0 Å². The lowest BCUT2D eigenvalue weighted by Gasteiger charge is -2.20. The summed E-state index contributed by atoms with van der Waals surface area (Å²) in [6.45, 7) is 4.80. The van der Waals surface area contributed by atoms with E-state index in [1.165, 1.54) is 12.1 Å². The summed E-state index contributed by atoms with van der Waals surface area (Å²) in [5, 5.41) is 11.7. The number of aliphatic carboxylic acids is 1. The summed E-state index contributed by atoms with van der Waals surface area (Å²) in [5.74, 6) is -2.62. The number of aromatic nitrogens is 1. The highest BCUT2D eigenvalue weighted by atomic mass is 19.4. The Balaban J connectivity index is 1.53. The topological polar surface area (TPSA) is 80.6 Å². The molecule has 2 aromatic carbocycles. The van der Waals surface area contributed by atoms with Crippen molar-refractivity contribution < 1.29 is 32.6 Å². The van der Waals surface area contributed by atoms with Crippen molar-refractivity contribution in [2.45, 2.75) is 57.9 Å². The zero-order chi connectivity index (χ0) is 27.4. The highest BCUT2D eigenvalue weighted by molar-refractivity contribution is 6.04. The Morgan fingerprint density at radius 1 is 1.13 bits per heavy atom. The zero-order valence-corrected chi connectivity index (χ0v) is 21.3. The molecule has 1 unspecified atom stereocenters. The van der Waals surface area contributed by atoms with Gasteiger partial charge in [-0.15, -0.1) is 0 Å².